The summed E-state index contributed by atoms with van der Waals surface area (Å²) in [5.41, 5.74) is 0. The van der Waals surface area contributed by atoms with Crippen LogP contribution < -0.4 is 0 Å². The molecule has 1 N–H and O–H groups in total. The molecule has 0 amide bonds. The molecule has 1 aliphatic rings. The van der Waals surface area contributed by atoms with Crippen molar-refractivity contribution >= 4 is 11.3 Å². The predicted molar refractivity (Wildman–Crippen MR) is 83.7 cm³/mol. The second-order valence-electron chi connectivity index (χ2n) is 5.34. The van der Waals surface area contributed by atoms with E-state index in [2.05, 4.69) is 15.0 Å². The van der Waals surface area contributed by atoms with Gasteiger partial charge >= 0.3 is 0 Å². The van der Waals surface area contributed by atoms with E-state index in [0.29, 0.717) is 18.3 Å². The number of unbranched alkanes of at least 4 members (excludes halogenated alkanes) is 2. The second kappa shape index (κ2) is 7.82. The molecule has 0 saturated carbocycles. The third kappa shape index (κ3) is 3.73. The van der Waals surface area contributed by atoms with Gasteiger partial charge < -0.3 is 14.4 Å². The molecular formula is C15H21N3O3S. The van der Waals surface area contributed by atoms with Gasteiger partial charge in [-0.3, -0.25) is 4.90 Å². The first-order valence-corrected chi connectivity index (χ1v) is 8.56. The fourth-order valence-electron chi connectivity index (χ4n) is 2.61. The Labute approximate surface area is 133 Å². The number of thiophene rings is 1. The molecule has 1 aliphatic heterocycles. The zero-order valence-corrected chi connectivity index (χ0v) is 13.3. The Kier molecular flexibility index (Phi) is 5.55. The van der Waals surface area contributed by atoms with Gasteiger partial charge in [0.2, 0.25) is 11.7 Å². The average Bonchev–Trinajstić information content (AvgIpc) is 3.22. The third-order valence-corrected chi connectivity index (χ3v) is 4.68. The van der Waals surface area contributed by atoms with Crippen LogP contribution in [-0.2, 0) is 4.74 Å². The van der Waals surface area contributed by atoms with Crippen molar-refractivity contribution in [2.45, 2.75) is 25.3 Å². The van der Waals surface area contributed by atoms with Crippen molar-refractivity contribution in [3.8, 4) is 10.7 Å². The highest BCUT2D eigenvalue weighted by Gasteiger charge is 2.29. The molecule has 0 bridgehead atoms. The van der Waals surface area contributed by atoms with E-state index in [1.807, 2.05) is 17.5 Å². The molecule has 2 aromatic heterocycles. The number of rotatable bonds is 7. The maximum absolute atomic E-state index is 8.86. The van der Waals surface area contributed by atoms with E-state index in [0.717, 1.165) is 43.8 Å². The van der Waals surface area contributed by atoms with Gasteiger partial charge in [-0.25, -0.2) is 0 Å². The quantitative estimate of drug-likeness (QED) is 0.789. The first-order chi connectivity index (χ1) is 10.9. The Bertz CT molecular complexity index is 558. The van der Waals surface area contributed by atoms with Crippen LogP contribution in [0.2, 0.25) is 0 Å². The number of hydrogen-bond acceptors (Lipinski definition) is 7. The molecule has 1 saturated heterocycles. The van der Waals surface area contributed by atoms with Gasteiger partial charge in [0.1, 0.15) is 6.04 Å². The van der Waals surface area contributed by atoms with Crippen LogP contribution in [0.15, 0.2) is 22.0 Å². The number of ether oxygens (including phenoxy) is 1. The second-order valence-corrected chi connectivity index (χ2v) is 6.29. The minimum Gasteiger partial charge on any atom is -0.396 e. The summed E-state index contributed by atoms with van der Waals surface area (Å²) in [7, 11) is 0. The van der Waals surface area contributed by atoms with Gasteiger partial charge in [-0.2, -0.15) is 4.98 Å². The summed E-state index contributed by atoms with van der Waals surface area (Å²) >= 11 is 1.60. The van der Waals surface area contributed by atoms with Gasteiger partial charge in [0.25, 0.3) is 0 Å². The largest absolute Gasteiger partial charge is 0.396 e. The van der Waals surface area contributed by atoms with Crippen LogP contribution in [0.3, 0.4) is 0 Å². The van der Waals surface area contributed by atoms with E-state index in [9.17, 15) is 0 Å². The zero-order chi connectivity index (χ0) is 15.2. The van der Waals surface area contributed by atoms with Crippen molar-refractivity contribution in [1.82, 2.24) is 15.0 Å². The Morgan fingerprint density at radius 1 is 1.36 bits per heavy atom. The van der Waals surface area contributed by atoms with Crippen molar-refractivity contribution in [2.75, 3.05) is 32.9 Å². The minimum absolute atomic E-state index is 0.0316. The van der Waals surface area contributed by atoms with E-state index in [-0.39, 0.29) is 12.6 Å². The standard InChI is InChI=1S/C15H21N3O3S/c19-8-3-1-2-6-18-7-9-20-11-12(18)15-16-14(17-21-15)13-5-4-10-22-13/h4-5,10,12,19H,1-3,6-9,11H2. The van der Waals surface area contributed by atoms with Crippen LogP contribution in [0.4, 0.5) is 0 Å². The zero-order valence-electron chi connectivity index (χ0n) is 12.5. The van der Waals surface area contributed by atoms with Gasteiger partial charge in [0.15, 0.2) is 0 Å². The number of nitrogens with zero attached hydrogens (tertiary/aromatic N) is 3. The van der Waals surface area contributed by atoms with Crippen LogP contribution in [0, 0.1) is 0 Å². The molecule has 1 atom stereocenters. The lowest BCUT2D eigenvalue weighted by atomic mass is 10.2. The lowest BCUT2D eigenvalue weighted by Crippen LogP contribution is -2.40. The van der Waals surface area contributed by atoms with Crippen LogP contribution in [0.5, 0.6) is 0 Å². The number of hydrogen-bond donors (Lipinski definition) is 1. The molecule has 120 valence electrons. The van der Waals surface area contributed by atoms with E-state index in [4.69, 9.17) is 14.4 Å². The lowest BCUT2D eigenvalue weighted by Gasteiger charge is -2.33. The lowest BCUT2D eigenvalue weighted by molar-refractivity contribution is -0.0206. The van der Waals surface area contributed by atoms with Gasteiger partial charge in [-0.15, -0.1) is 11.3 Å². The van der Waals surface area contributed by atoms with Crippen molar-refractivity contribution < 1.29 is 14.4 Å². The topological polar surface area (TPSA) is 71.6 Å². The fourth-order valence-corrected chi connectivity index (χ4v) is 3.26. The summed E-state index contributed by atoms with van der Waals surface area (Å²) in [6, 6.07) is 4.00. The summed E-state index contributed by atoms with van der Waals surface area (Å²) in [6.07, 6.45) is 2.95. The summed E-state index contributed by atoms with van der Waals surface area (Å²) in [5.74, 6) is 1.28. The normalized spacial score (nSPS) is 19.6. The minimum atomic E-state index is 0.0316. The molecule has 3 heterocycles. The highest BCUT2D eigenvalue weighted by atomic mass is 32.1. The molecule has 0 spiro atoms. The molecule has 2 aromatic rings. The van der Waals surface area contributed by atoms with Crippen LogP contribution in [-0.4, -0.2) is 53.1 Å². The number of morpholine rings is 1. The van der Waals surface area contributed by atoms with Gasteiger partial charge in [0.05, 0.1) is 18.1 Å². The maximum atomic E-state index is 8.86. The van der Waals surface area contributed by atoms with E-state index in [1.54, 1.807) is 11.3 Å². The molecule has 0 radical (unpaired) electrons. The van der Waals surface area contributed by atoms with Crippen molar-refractivity contribution in [3.05, 3.63) is 23.4 Å². The highest BCUT2D eigenvalue weighted by Crippen LogP contribution is 2.27. The summed E-state index contributed by atoms with van der Waals surface area (Å²) in [6.45, 7) is 3.43. The predicted octanol–water partition coefficient (Wildman–Crippen LogP) is 2.33. The molecular weight excluding hydrogens is 302 g/mol. The van der Waals surface area contributed by atoms with Crippen LogP contribution in [0.25, 0.3) is 10.7 Å². The molecule has 1 fully saturated rings. The monoisotopic (exact) mass is 323 g/mol. The van der Waals surface area contributed by atoms with Crippen molar-refractivity contribution in [3.63, 3.8) is 0 Å². The molecule has 0 aliphatic carbocycles. The smallest absolute Gasteiger partial charge is 0.246 e. The van der Waals surface area contributed by atoms with Gasteiger partial charge in [-0.05, 0) is 37.3 Å². The molecule has 0 aromatic carbocycles. The first-order valence-electron chi connectivity index (χ1n) is 7.68. The van der Waals surface area contributed by atoms with Gasteiger partial charge in [-0.1, -0.05) is 11.2 Å². The maximum Gasteiger partial charge on any atom is 0.246 e. The van der Waals surface area contributed by atoms with E-state index < -0.39 is 0 Å². The Hall–Kier alpha value is -1.28. The molecule has 3 rings (SSSR count). The number of aliphatic hydroxyl groups excluding tert-OH is 1. The summed E-state index contributed by atoms with van der Waals surface area (Å²) in [4.78, 5) is 7.90. The molecule has 22 heavy (non-hydrogen) atoms. The van der Waals surface area contributed by atoms with Crippen molar-refractivity contribution in [1.29, 1.82) is 0 Å². The van der Waals surface area contributed by atoms with Crippen LogP contribution >= 0.6 is 11.3 Å². The summed E-state index contributed by atoms with van der Waals surface area (Å²) in [5, 5.41) is 15.0. The first kappa shape index (κ1) is 15.6. The highest BCUT2D eigenvalue weighted by molar-refractivity contribution is 7.13. The SMILES string of the molecule is OCCCCCN1CCOCC1c1nc(-c2cccs2)no1. The van der Waals surface area contributed by atoms with E-state index in [1.165, 1.54) is 0 Å². The summed E-state index contributed by atoms with van der Waals surface area (Å²) < 4.78 is 11.1. The molecule has 7 heteroatoms. The Morgan fingerprint density at radius 3 is 3.14 bits per heavy atom. The average molecular weight is 323 g/mol. The van der Waals surface area contributed by atoms with Crippen molar-refractivity contribution in [2.24, 2.45) is 0 Å². The third-order valence-electron chi connectivity index (χ3n) is 3.81. The molecule has 6 nitrogen and oxygen atoms in total. The molecule has 1 unspecified atom stereocenters. The number of aliphatic hydroxyl groups is 1. The van der Waals surface area contributed by atoms with Crippen LogP contribution in [0.1, 0.15) is 31.2 Å². The number of aromatic nitrogens is 2. The Morgan fingerprint density at radius 2 is 2.32 bits per heavy atom. The Balaban J connectivity index is 1.65. The fraction of sp³-hybridized carbons (Fsp3) is 0.600. The van der Waals surface area contributed by atoms with Gasteiger partial charge in [0, 0.05) is 13.2 Å². The van der Waals surface area contributed by atoms with E-state index >= 15 is 0 Å².